The van der Waals surface area contributed by atoms with Crippen molar-refractivity contribution in [2.45, 2.75) is 18.9 Å². The Morgan fingerprint density at radius 3 is 2.81 bits per heavy atom. The molecule has 0 saturated heterocycles. The molecule has 86 valence electrons. The third-order valence-corrected chi connectivity index (χ3v) is 3.26. The minimum atomic E-state index is -0.143. The van der Waals surface area contributed by atoms with E-state index in [1.807, 2.05) is 12.1 Å². The Bertz CT molecular complexity index is 373. The summed E-state index contributed by atoms with van der Waals surface area (Å²) < 4.78 is 11.3. The van der Waals surface area contributed by atoms with Gasteiger partial charge in [0.15, 0.2) is 0 Å². The van der Waals surface area contributed by atoms with E-state index >= 15 is 0 Å². The maximum Gasteiger partial charge on any atom is 0.308 e. The normalized spacial score (nSPS) is 23.4. The van der Waals surface area contributed by atoms with Crippen LogP contribution < -0.4 is 4.74 Å². The summed E-state index contributed by atoms with van der Waals surface area (Å²) in [6, 6.07) is 3.78. The van der Waals surface area contributed by atoms with Crippen LogP contribution in [-0.4, -0.2) is 24.2 Å². The van der Waals surface area contributed by atoms with Crippen LogP contribution in [0, 0.1) is 9.49 Å². The number of esters is 1. The first-order chi connectivity index (χ1) is 7.69. The van der Waals surface area contributed by atoms with Crippen LogP contribution in [0.25, 0.3) is 0 Å². The van der Waals surface area contributed by atoms with Crippen molar-refractivity contribution in [2.75, 3.05) is 7.11 Å². The number of pyridine rings is 1. The summed E-state index contributed by atoms with van der Waals surface area (Å²) in [7, 11) is 1.41. The summed E-state index contributed by atoms with van der Waals surface area (Å²) in [5.41, 5.74) is 0. The molecule has 0 aromatic carbocycles. The van der Waals surface area contributed by atoms with Crippen molar-refractivity contribution in [2.24, 2.45) is 5.92 Å². The molecular formula is C11H12INO3. The molecule has 16 heavy (non-hydrogen) atoms. The SMILES string of the molecule is COC(=O)C1CC(Oc2ccc(I)cn2)C1. The molecule has 0 aliphatic heterocycles. The number of ether oxygens (including phenoxy) is 2. The van der Waals surface area contributed by atoms with Crippen molar-refractivity contribution in [1.82, 2.24) is 4.98 Å². The second-order valence-electron chi connectivity index (χ2n) is 3.75. The van der Waals surface area contributed by atoms with Gasteiger partial charge in [-0.25, -0.2) is 4.98 Å². The third kappa shape index (κ3) is 2.63. The summed E-state index contributed by atoms with van der Waals surface area (Å²) in [5.74, 6) is 0.475. The van der Waals surface area contributed by atoms with Gasteiger partial charge in [-0.05, 0) is 41.5 Å². The van der Waals surface area contributed by atoms with Gasteiger partial charge < -0.3 is 9.47 Å². The Kier molecular flexibility index (Phi) is 3.63. The average Bonchev–Trinajstić information content (AvgIpc) is 2.24. The van der Waals surface area contributed by atoms with Crippen LogP contribution in [0.15, 0.2) is 18.3 Å². The largest absolute Gasteiger partial charge is 0.474 e. The van der Waals surface area contributed by atoms with Crippen LogP contribution >= 0.6 is 22.6 Å². The molecule has 0 atom stereocenters. The first kappa shape index (κ1) is 11.6. The van der Waals surface area contributed by atoms with Gasteiger partial charge in [0.1, 0.15) is 6.10 Å². The first-order valence-electron chi connectivity index (χ1n) is 5.05. The van der Waals surface area contributed by atoms with E-state index in [9.17, 15) is 4.79 Å². The molecule has 0 N–H and O–H groups in total. The Labute approximate surface area is 107 Å². The number of halogens is 1. The molecular weight excluding hydrogens is 321 g/mol. The molecule has 1 aromatic rings. The van der Waals surface area contributed by atoms with Gasteiger partial charge >= 0.3 is 5.97 Å². The van der Waals surface area contributed by atoms with Gasteiger partial charge in [-0.15, -0.1) is 0 Å². The summed E-state index contributed by atoms with van der Waals surface area (Å²) in [6.07, 6.45) is 3.30. The van der Waals surface area contributed by atoms with Crippen molar-refractivity contribution >= 4 is 28.6 Å². The molecule has 1 heterocycles. The summed E-state index contributed by atoms with van der Waals surface area (Å²) in [5, 5.41) is 0. The number of methoxy groups -OCH3 is 1. The Hall–Kier alpha value is -0.850. The van der Waals surface area contributed by atoms with Gasteiger partial charge in [-0.1, -0.05) is 0 Å². The molecule has 0 unspecified atom stereocenters. The Balaban J connectivity index is 1.81. The van der Waals surface area contributed by atoms with Gasteiger partial charge in [0.25, 0.3) is 0 Å². The zero-order chi connectivity index (χ0) is 11.5. The third-order valence-electron chi connectivity index (χ3n) is 2.62. The van der Waals surface area contributed by atoms with Crippen LogP contribution in [0.3, 0.4) is 0 Å². The molecule has 0 bridgehead atoms. The lowest BCUT2D eigenvalue weighted by Crippen LogP contribution is -2.38. The molecule has 4 nitrogen and oxygen atoms in total. The second-order valence-corrected chi connectivity index (χ2v) is 4.99. The zero-order valence-electron chi connectivity index (χ0n) is 8.85. The molecule has 5 heteroatoms. The predicted molar refractivity (Wildman–Crippen MR) is 66.1 cm³/mol. The number of hydrogen-bond donors (Lipinski definition) is 0. The molecule has 0 radical (unpaired) electrons. The number of carbonyl (C=O) groups is 1. The van der Waals surface area contributed by atoms with Gasteiger partial charge in [-0.3, -0.25) is 4.79 Å². The van der Waals surface area contributed by atoms with Gasteiger partial charge in [-0.2, -0.15) is 0 Å². The molecule has 1 saturated carbocycles. The molecule has 0 amide bonds. The van der Waals surface area contributed by atoms with E-state index in [-0.39, 0.29) is 18.0 Å². The van der Waals surface area contributed by atoms with Crippen LogP contribution in [0.5, 0.6) is 5.88 Å². The van der Waals surface area contributed by atoms with E-state index in [0.29, 0.717) is 5.88 Å². The topological polar surface area (TPSA) is 48.4 Å². The van der Waals surface area contributed by atoms with Crippen molar-refractivity contribution in [3.05, 3.63) is 21.9 Å². The highest BCUT2D eigenvalue weighted by molar-refractivity contribution is 14.1. The number of rotatable bonds is 3. The average molecular weight is 333 g/mol. The van der Waals surface area contributed by atoms with Crippen molar-refractivity contribution in [3.63, 3.8) is 0 Å². The smallest absolute Gasteiger partial charge is 0.308 e. The second kappa shape index (κ2) is 4.99. The van der Waals surface area contributed by atoms with Crippen LogP contribution in [0.1, 0.15) is 12.8 Å². The molecule has 1 aliphatic carbocycles. The summed E-state index contributed by atoms with van der Waals surface area (Å²) in [6.45, 7) is 0. The van der Waals surface area contributed by atoms with E-state index in [1.165, 1.54) is 7.11 Å². The van der Waals surface area contributed by atoms with Gasteiger partial charge in [0.2, 0.25) is 5.88 Å². The molecule has 1 aliphatic rings. The summed E-state index contributed by atoms with van der Waals surface area (Å²) in [4.78, 5) is 15.3. The minimum Gasteiger partial charge on any atom is -0.474 e. The maximum atomic E-state index is 11.1. The molecule has 2 rings (SSSR count). The van der Waals surface area contributed by atoms with Gasteiger partial charge in [0, 0.05) is 15.8 Å². The summed E-state index contributed by atoms with van der Waals surface area (Å²) >= 11 is 2.19. The van der Waals surface area contributed by atoms with Crippen LogP contribution in [0.2, 0.25) is 0 Å². The monoisotopic (exact) mass is 333 g/mol. The van der Waals surface area contributed by atoms with Gasteiger partial charge in [0.05, 0.1) is 13.0 Å². The number of aromatic nitrogens is 1. The molecule has 1 aromatic heterocycles. The highest BCUT2D eigenvalue weighted by atomic mass is 127. The Morgan fingerprint density at radius 2 is 2.25 bits per heavy atom. The van der Waals surface area contributed by atoms with Crippen LogP contribution in [-0.2, 0) is 9.53 Å². The maximum absolute atomic E-state index is 11.1. The fraction of sp³-hybridized carbons (Fsp3) is 0.455. The zero-order valence-corrected chi connectivity index (χ0v) is 11.0. The lowest BCUT2D eigenvalue weighted by Gasteiger charge is -2.32. The fourth-order valence-corrected chi connectivity index (χ4v) is 1.94. The van der Waals surface area contributed by atoms with Crippen molar-refractivity contribution < 1.29 is 14.3 Å². The minimum absolute atomic E-state index is 0.00107. The number of carbonyl (C=O) groups excluding carboxylic acids is 1. The lowest BCUT2D eigenvalue weighted by molar-refractivity contribution is -0.151. The van der Waals surface area contributed by atoms with E-state index < -0.39 is 0 Å². The predicted octanol–water partition coefficient (Wildman–Crippen LogP) is 2.02. The first-order valence-corrected chi connectivity index (χ1v) is 6.13. The molecule has 1 fully saturated rings. The van der Waals surface area contributed by atoms with E-state index in [0.717, 1.165) is 16.4 Å². The fourth-order valence-electron chi connectivity index (χ4n) is 1.62. The van der Waals surface area contributed by atoms with E-state index in [4.69, 9.17) is 4.74 Å². The van der Waals surface area contributed by atoms with E-state index in [2.05, 4.69) is 32.3 Å². The van der Waals surface area contributed by atoms with Crippen LogP contribution in [0.4, 0.5) is 0 Å². The van der Waals surface area contributed by atoms with Crippen molar-refractivity contribution in [1.29, 1.82) is 0 Å². The standard InChI is InChI=1S/C11H12INO3/c1-15-11(14)7-4-9(5-7)16-10-3-2-8(12)6-13-10/h2-3,6-7,9H,4-5H2,1H3. The number of hydrogen-bond acceptors (Lipinski definition) is 4. The Morgan fingerprint density at radius 1 is 1.50 bits per heavy atom. The highest BCUT2D eigenvalue weighted by Gasteiger charge is 2.37. The molecule has 0 spiro atoms. The highest BCUT2D eigenvalue weighted by Crippen LogP contribution is 2.31. The lowest BCUT2D eigenvalue weighted by atomic mass is 9.82. The van der Waals surface area contributed by atoms with Crippen molar-refractivity contribution in [3.8, 4) is 5.88 Å². The quantitative estimate of drug-likeness (QED) is 0.627. The van der Waals surface area contributed by atoms with E-state index in [1.54, 1.807) is 6.20 Å². The number of nitrogens with zero attached hydrogens (tertiary/aromatic N) is 1.